The molecule has 1 aromatic heterocycles. The minimum Gasteiger partial charge on any atom is -0.207 e. The Bertz CT molecular complexity index is 608. The number of halogens is 1. The highest BCUT2D eigenvalue weighted by molar-refractivity contribution is 7.12. The average molecular weight is 290 g/mol. The first-order valence-electron chi connectivity index (χ1n) is 7.40. The Labute approximate surface area is 125 Å². The standard InChI is InChI=1S/C18H23FS/c1-6-14-12(5)20-17(7-2)18(14)15-9-8-13(19)10-16(15)11(3)4/h8-11H,6-7H2,1-5H3. The topological polar surface area (TPSA) is 0 Å². The van der Waals surface area contributed by atoms with Crippen molar-refractivity contribution in [1.82, 2.24) is 0 Å². The summed E-state index contributed by atoms with van der Waals surface area (Å²) in [6, 6.07) is 5.25. The molecule has 2 aromatic rings. The summed E-state index contributed by atoms with van der Waals surface area (Å²) >= 11 is 1.89. The van der Waals surface area contributed by atoms with Crippen LogP contribution >= 0.6 is 11.3 Å². The van der Waals surface area contributed by atoms with Crippen molar-refractivity contribution in [2.75, 3.05) is 0 Å². The fraction of sp³-hybridized carbons (Fsp3) is 0.444. The highest BCUT2D eigenvalue weighted by Crippen LogP contribution is 2.40. The summed E-state index contributed by atoms with van der Waals surface area (Å²) in [7, 11) is 0. The monoisotopic (exact) mass is 290 g/mol. The number of benzene rings is 1. The van der Waals surface area contributed by atoms with Gasteiger partial charge >= 0.3 is 0 Å². The van der Waals surface area contributed by atoms with E-state index in [9.17, 15) is 4.39 Å². The normalized spacial score (nSPS) is 11.3. The van der Waals surface area contributed by atoms with Crippen LogP contribution < -0.4 is 0 Å². The highest BCUT2D eigenvalue weighted by Gasteiger charge is 2.19. The average Bonchev–Trinajstić information content (AvgIpc) is 2.74. The van der Waals surface area contributed by atoms with E-state index in [1.165, 1.54) is 26.4 Å². The van der Waals surface area contributed by atoms with Gasteiger partial charge in [0.25, 0.3) is 0 Å². The second-order valence-corrected chi connectivity index (χ2v) is 6.84. The smallest absolute Gasteiger partial charge is 0.123 e. The molecule has 0 bridgehead atoms. The van der Waals surface area contributed by atoms with Crippen molar-refractivity contribution in [3.8, 4) is 11.1 Å². The van der Waals surface area contributed by atoms with Gasteiger partial charge in [-0.05, 0) is 60.1 Å². The third kappa shape index (κ3) is 2.67. The van der Waals surface area contributed by atoms with E-state index in [1.807, 2.05) is 17.4 Å². The Hall–Kier alpha value is -1.15. The molecule has 0 fully saturated rings. The summed E-state index contributed by atoms with van der Waals surface area (Å²) in [5.74, 6) is 0.191. The van der Waals surface area contributed by atoms with Crippen LogP contribution in [0.1, 0.15) is 54.5 Å². The summed E-state index contributed by atoms with van der Waals surface area (Å²) < 4.78 is 13.6. The molecule has 0 aliphatic heterocycles. The number of rotatable bonds is 4. The molecule has 0 amide bonds. The van der Waals surface area contributed by atoms with Crippen molar-refractivity contribution in [1.29, 1.82) is 0 Å². The molecule has 1 heterocycles. The van der Waals surface area contributed by atoms with Gasteiger partial charge in [0, 0.05) is 9.75 Å². The first-order chi connectivity index (χ1) is 9.49. The van der Waals surface area contributed by atoms with E-state index in [1.54, 1.807) is 12.1 Å². The summed E-state index contributed by atoms with van der Waals surface area (Å²) in [4.78, 5) is 2.83. The van der Waals surface area contributed by atoms with Crippen molar-refractivity contribution in [2.24, 2.45) is 0 Å². The number of hydrogen-bond donors (Lipinski definition) is 0. The highest BCUT2D eigenvalue weighted by atomic mass is 32.1. The van der Waals surface area contributed by atoms with Gasteiger partial charge in [0.2, 0.25) is 0 Å². The van der Waals surface area contributed by atoms with E-state index in [2.05, 4.69) is 34.6 Å². The van der Waals surface area contributed by atoms with Crippen molar-refractivity contribution < 1.29 is 4.39 Å². The van der Waals surface area contributed by atoms with Gasteiger partial charge in [-0.25, -0.2) is 4.39 Å². The van der Waals surface area contributed by atoms with Crippen molar-refractivity contribution in [3.05, 3.63) is 44.9 Å². The zero-order valence-electron chi connectivity index (χ0n) is 13.0. The lowest BCUT2D eigenvalue weighted by atomic mass is 9.89. The van der Waals surface area contributed by atoms with E-state index >= 15 is 0 Å². The molecule has 1 aromatic carbocycles. The first kappa shape index (κ1) is 15.2. The second kappa shape index (κ2) is 6.09. The minimum absolute atomic E-state index is 0.138. The maximum Gasteiger partial charge on any atom is 0.123 e. The molecule has 0 aliphatic rings. The fourth-order valence-electron chi connectivity index (χ4n) is 2.87. The summed E-state index contributed by atoms with van der Waals surface area (Å²) in [5.41, 5.74) is 5.13. The van der Waals surface area contributed by atoms with Gasteiger partial charge in [-0.2, -0.15) is 0 Å². The zero-order chi connectivity index (χ0) is 14.9. The van der Waals surface area contributed by atoms with Crippen LogP contribution in [0.4, 0.5) is 4.39 Å². The van der Waals surface area contributed by atoms with Crippen LogP contribution in [0.25, 0.3) is 11.1 Å². The number of thiophene rings is 1. The van der Waals surface area contributed by atoms with E-state index in [-0.39, 0.29) is 5.82 Å². The molecule has 0 nitrogen and oxygen atoms in total. The molecule has 108 valence electrons. The molecule has 0 saturated carbocycles. The lowest BCUT2D eigenvalue weighted by Crippen LogP contribution is -1.97. The van der Waals surface area contributed by atoms with Gasteiger partial charge in [-0.15, -0.1) is 11.3 Å². The third-order valence-electron chi connectivity index (χ3n) is 3.86. The molecule has 0 atom stereocenters. The van der Waals surface area contributed by atoms with Crippen LogP contribution in [0.2, 0.25) is 0 Å². The third-order valence-corrected chi connectivity index (χ3v) is 5.15. The van der Waals surface area contributed by atoms with Gasteiger partial charge in [0.15, 0.2) is 0 Å². The van der Waals surface area contributed by atoms with Gasteiger partial charge < -0.3 is 0 Å². The molecule has 2 rings (SSSR count). The van der Waals surface area contributed by atoms with E-state index in [0.29, 0.717) is 5.92 Å². The van der Waals surface area contributed by atoms with E-state index in [4.69, 9.17) is 0 Å². The number of hydrogen-bond acceptors (Lipinski definition) is 1. The minimum atomic E-state index is -0.138. The van der Waals surface area contributed by atoms with Crippen molar-refractivity contribution in [3.63, 3.8) is 0 Å². The summed E-state index contributed by atoms with van der Waals surface area (Å²) in [6.07, 6.45) is 2.07. The Kier molecular flexibility index (Phi) is 4.64. The summed E-state index contributed by atoms with van der Waals surface area (Å²) in [5, 5.41) is 0. The van der Waals surface area contributed by atoms with Gasteiger partial charge in [-0.1, -0.05) is 33.8 Å². The Morgan fingerprint density at radius 1 is 1.15 bits per heavy atom. The predicted molar refractivity (Wildman–Crippen MR) is 87.3 cm³/mol. The van der Waals surface area contributed by atoms with Crippen LogP contribution in [-0.2, 0) is 12.8 Å². The van der Waals surface area contributed by atoms with Gasteiger partial charge in [0.1, 0.15) is 5.82 Å². The molecule has 2 heteroatoms. The van der Waals surface area contributed by atoms with Gasteiger partial charge in [0.05, 0.1) is 0 Å². The first-order valence-corrected chi connectivity index (χ1v) is 8.22. The maximum atomic E-state index is 13.6. The Morgan fingerprint density at radius 2 is 1.85 bits per heavy atom. The fourth-order valence-corrected chi connectivity index (χ4v) is 4.09. The molecule has 0 N–H and O–H groups in total. The zero-order valence-corrected chi connectivity index (χ0v) is 13.8. The quantitative estimate of drug-likeness (QED) is 0.637. The number of aryl methyl sites for hydroxylation is 2. The van der Waals surface area contributed by atoms with E-state index < -0.39 is 0 Å². The summed E-state index contributed by atoms with van der Waals surface area (Å²) in [6.45, 7) is 10.9. The molecule has 0 saturated heterocycles. The van der Waals surface area contributed by atoms with Crippen LogP contribution in [0.15, 0.2) is 18.2 Å². The van der Waals surface area contributed by atoms with Crippen LogP contribution in [-0.4, -0.2) is 0 Å². The maximum absolute atomic E-state index is 13.6. The van der Waals surface area contributed by atoms with Crippen LogP contribution in [0, 0.1) is 12.7 Å². The molecule has 0 radical (unpaired) electrons. The van der Waals surface area contributed by atoms with Crippen LogP contribution in [0.5, 0.6) is 0 Å². The molecule has 0 spiro atoms. The lowest BCUT2D eigenvalue weighted by molar-refractivity contribution is 0.623. The van der Waals surface area contributed by atoms with Crippen molar-refractivity contribution in [2.45, 2.75) is 53.4 Å². The van der Waals surface area contributed by atoms with Crippen molar-refractivity contribution >= 4 is 11.3 Å². The predicted octanol–water partition coefficient (Wildman–Crippen LogP) is 6.11. The molecule has 0 aliphatic carbocycles. The lowest BCUT2D eigenvalue weighted by Gasteiger charge is -2.15. The molecular formula is C18H23FS. The molecule has 0 unspecified atom stereocenters. The second-order valence-electron chi connectivity index (χ2n) is 5.53. The molecular weight excluding hydrogens is 267 g/mol. The largest absolute Gasteiger partial charge is 0.207 e. The Morgan fingerprint density at radius 3 is 2.40 bits per heavy atom. The van der Waals surface area contributed by atoms with Gasteiger partial charge in [-0.3, -0.25) is 0 Å². The van der Waals surface area contributed by atoms with E-state index in [0.717, 1.165) is 18.4 Å². The molecule has 20 heavy (non-hydrogen) atoms. The van der Waals surface area contributed by atoms with Crippen LogP contribution in [0.3, 0.4) is 0 Å². The SMILES string of the molecule is CCc1sc(C)c(CC)c1-c1ccc(F)cc1C(C)C. The Balaban J connectivity index is 2.74.